The Morgan fingerprint density at radius 2 is 2.41 bits per heavy atom. The predicted molar refractivity (Wildman–Crippen MR) is 61.2 cm³/mol. The number of nitrogen functional groups attached to an aromatic ring is 1. The molecular weight excluding hydrogens is 224 g/mol. The molecule has 0 fully saturated rings. The van der Waals surface area contributed by atoms with Gasteiger partial charge in [0.1, 0.15) is 5.82 Å². The van der Waals surface area contributed by atoms with Gasteiger partial charge in [-0.1, -0.05) is 0 Å². The van der Waals surface area contributed by atoms with Gasteiger partial charge in [-0.2, -0.15) is 5.10 Å². The molecule has 2 aromatic rings. The van der Waals surface area contributed by atoms with Crippen molar-refractivity contribution in [3.05, 3.63) is 40.2 Å². The molecule has 2 rings (SSSR count). The van der Waals surface area contributed by atoms with Gasteiger partial charge in [0.15, 0.2) is 0 Å². The maximum absolute atomic E-state index is 10.7. The van der Waals surface area contributed by atoms with Crippen LogP contribution in [0, 0.1) is 10.1 Å². The minimum absolute atomic E-state index is 0.0745. The molecule has 0 unspecified atom stereocenters. The van der Waals surface area contributed by atoms with Crippen LogP contribution in [-0.2, 0) is 6.54 Å². The maximum atomic E-state index is 10.7. The van der Waals surface area contributed by atoms with Crippen molar-refractivity contribution in [2.45, 2.75) is 6.54 Å². The van der Waals surface area contributed by atoms with Gasteiger partial charge in [0.2, 0.25) is 5.82 Å². The van der Waals surface area contributed by atoms with E-state index in [1.54, 1.807) is 6.20 Å². The van der Waals surface area contributed by atoms with Crippen LogP contribution < -0.4 is 11.1 Å². The van der Waals surface area contributed by atoms with Gasteiger partial charge in [-0.25, -0.2) is 4.98 Å². The van der Waals surface area contributed by atoms with Crippen molar-refractivity contribution in [2.24, 2.45) is 0 Å². The van der Waals surface area contributed by atoms with Crippen molar-refractivity contribution in [3.63, 3.8) is 0 Å². The molecule has 0 atom stereocenters. The number of nitro groups is 1. The third-order valence-corrected chi connectivity index (χ3v) is 2.18. The Labute approximate surface area is 96.0 Å². The van der Waals surface area contributed by atoms with Crippen molar-refractivity contribution < 1.29 is 4.92 Å². The highest BCUT2D eigenvalue weighted by molar-refractivity contribution is 5.55. The summed E-state index contributed by atoms with van der Waals surface area (Å²) < 4.78 is 0. The van der Waals surface area contributed by atoms with E-state index in [0.29, 0.717) is 12.4 Å². The first kappa shape index (κ1) is 10.9. The quantitative estimate of drug-likeness (QED) is 0.533. The van der Waals surface area contributed by atoms with Crippen LogP contribution in [0.15, 0.2) is 24.5 Å². The molecule has 0 saturated carbocycles. The van der Waals surface area contributed by atoms with Gasteiger partial charge in [0, 0.05) is 24.4 Å². The standard InChI is InChI=1S/C9H10N6O2/c10-8-6(5-13-14-8)4-12-9-7(15(16)17)2-1-3-11-9/h1-3,5H,4H2,(H,11,12)(H3,10,13,14). The highest BCUT2D eigenvalue weighted by atomic mass is 16.6. The lowest BCUT2D eigenvalue weighted by Crippen LogP contribution is -2.05. The molecule has 0 bridgehead atoms. The summed E-state index contributed by atoms with van der Waals surface area (Å²) in [6.07, 6.45) is 3.03. The molecule has 0 aromatic carbocycles. The lowest BCUT2D eigenvalue weighted by molar-refractivity contribution is -0.384. The molecule has 88 valence electrons. The highest BCUT2D eigenvalue weighted by Gasteiger charge is 2.13. The van der Waals surface area contributed by atoms with Gasteiger partial charge in [-0.3, -0.25) is 15.2 Å². The first-order valence-corrected chi connectivity index (χ1v) is 4.79. The number of hydrogen-bond donors (Lipinski definition) is 3. The van der Waals surface area contributed by atoms with Gasteiger partial charge < -0.3 is 11.1 Å². The van der Waals surface area contributed by atoms with Crippen molar-refractivity contribution in [1.29, 1.82) is 0 Å². The van der Waals surface area contributed by atoms with E-state index in [4.69, 9.17) is 5.73 Å². The van der Waals surface area contributed by atoms with Crippen LogP contribution >= 0.6 is 0 Å². The van der Waals surface area contributed by atoms with E-state index in [2.05, 4.69) is 20.5 Å². The van der Waals surface area contributed by atoms with Crippen molar-refractivity contribution in [3.8, 4) is 0 Å². The summed E-state index contributed by atoms with van der Waals surface area (Å²) in [6, 6.07) is 2.89. The molecule has 8 nitrogen and oxygen atoms in total. The van der Waals surface area contributed by atoms with Crippen LogP contribution in [0.5, 0.6) is 0 Å². The number of pyridine rings is 1. The number of rotatable bonds is 4. The molecule has 0 saturated heterocycles. The molecule has 0 aliphatic heterocycles. The van der Waals surface area contributed by atoms with Gasteiger partial charge in [-0.15, -0.1) is 0 Å². The van der Waals surface area contributed by atoms with Crippen LogP contribution in [0.4, 0.5) is 17.3 Å². The number of aromatic amines is 1. The van der Waals surface area contributed by atoms with E-state index in [1.165, 1.54) is 18.3 Å². The number of nitrogens with zero attached hydrogens (tertiary/aromatic N) is 3. The first-order chi connectivity index (χ1) is 8.18. The fourth-order valence-corrected chi connectivity index (χ4v) is 1.32. The van der Waals surface area contributed by atoms with E-state index in [9.17, 15) is 10.1 Å². The monoisotopic (exact) mass is 234 g/mol. The van der Waals surface area contributed by atoms with E-state index in [0.717, 1.165) is 5.56 Å². The number of nitrogens with one attached hydrogen (secondary N) is 2. The number of hydrogen-bond acceptors (Lipinski definition) is 6. The molecule has 2 aromatic heterocycles. The smallest absolute Gasteiger partial charge is 0.311 e. The van der Waals surface area contributed by atoms with E-state index in [-0.39, 0.29) is 11.5 Å². The van der Waals surface area contributed by atoms with Crippen LogP contribution in [0.1, 0.15) is 5.56 Å². The largest absolute Gasteiger partial charge is 0.384 e. The van der Waals surface area contributed by atoms with Crippen LogP contribution in [0.2, 0.25) is 0 Å². The summed E-state index contributed by atoms with van der Waals surface area (Å²) in [5.74, 6) is 0.634. The second-order valence-electron chi connectivity index (χ2n) is 3.29. The summed E-state index contributed by atoms with van der Waals surface area (Å²) in [5, 5.41) is 19.9. The van der Waals surface area contributed by atoms with E-state index in [1.807, 2.05) is 0 Å². The molecule has 17 heavy (non-hydrogen) atoms. The minimum Gasteiger partial charge on any atom is -0.384 e. The predicted octanol–water partition coefficient (Wildman–Crippen LogP) is 0.907. The average Bonchev–Trinajstić information content (AvgIpc) is 2.72. The molecule has 0 aliphatic rings. The first-order valence-electron chi connectivity index (χ1n) is 4.79. The third-order valence-electron chi connectivity index (χ3n) is 2.18. The molecule has 4 N–H and O–H groups in total. The Bertz CT molecular complexity index is 538. The summed E-state index contributed by atoms with van der Waals surface area (Å²) in [5.41, 5.74) is 6.24. The van der Waals surface area contributed by atoms with Gasteiger partial charge in [0.25, 0.3) is 0 Å². The van der Waals surface area contributed by atoms with Crippen LogP contribution in [0.3, 0.4) is 0 Å². The number of H-pyrrole nitrogens is 1. The van der Waals surface area contributed by atoms with Crippen LogP contribution in [-0.4, -0.2) is 20.1 Å². The Hall–Kier alpha value is -2.64. The molecule has 0 aliphatic carbocycles. The topological polar surface area (TPSA) is 123 Å². The summed E-state index contributed by atoms with van der Waals surface area (Å²) in [7, 11) is 0. The summed E-state index contributed by atoms with van der Waals surface area (Å²) in [4.78, 5) is 14.1. The lowest BCUT2D eigenvalue weighted by Gasteiger charge is -2.04. The zero-order chi connectivity index (χ0) is 12.3. The Balaban J connectivity index is 2.14. The molecule has 0 amide bonds. The van der Waals surface area contributed by atoms with Gasteiger partial charge in [0.05, 0.1) is 11.1 Å². The Kier molecular flexibility index (Phi) is 2.86. The van der Waals surface area contributed by atoms with Crippen LogP contribution in [0.25, 0.3) is 0 Å². The Morgan fingerprint density at radius 1 is 1.59 bits per heavy atom. The average molecular weight is 234 g/mol. The zero-order valence-corrected chi connectivity index (χ0v) is 8.75. The maximum Gasteiger partial charge on any atom is 0.311 e. The zero-order valence-electron chi connectivity index (χ0n) is 8.75. The van der Waals surface area contributed by atoms with Gasteiger partial charge >= 0.3 is 5.69 Å². The molecule has 0 spiro atoms. The van der Waals surface area contributed by atoms with Gasteiger partial charge in [-0.05, 0) is 6.07 Å². The minimum atomic E-state index is -0.492. The number of nitrogens with two attached hydrogens (primary N) is 1. The second kappa shape index (κ2) is 4.47. The highest BCUT2D eigenvalue weighted by Crippen LogP contribution is 2.21. The molecule has 2 heterocycles. The van der Waals surface area contributed by atoms with Crippen molar-refractivity contribution in [1.82, 2.24) is 15.2 Å². The number of anilines is 2. The number of aromatic nitrogens is 3. The SMILES string of the molecule is Nc1[nH]ncc1CNc1ncccc1[N+](=O)[O-]. The normalized spacial score (nSPS) is 10.1. The molecule has 0 radical (unpaired) electrons. The molecular formula is C9H10N6O2. The van der Waals surface area contributed by atoms with E-state index >= 15 is 0 Å². The third kappa shape index (κ3) is 2.30. The van der Waals surface area contributed by atoms with E-state index < -0.39 is 4.92 Å². The fraction of sp³-hybridized carbons (Fsp3) is 0.111. The van der Waals surface area contributed by atoms with Crippen molar-refractivity contribution >= 4 is 17.3 Å². The fourth-order valence-electron chi connectivity index (χ4n) is 1.32. The Morgan fingerprint density at radius 3 is 3.06 bits per heavy atom. The van der Waals surface area contributed by atoms with Crippen molar-refractivity contribution in [2.75, 3.05) is 11.1 Å². The second-order valence-corrected chi connectivity index (χ2v) is 3.29. The lowest BCUT2D eigenvalue weighted by atomic mass is 10.3. The molecule has 8 heteroatoms. The summed E-state index contributed by atoms with van der Waals surface area (Å²) in [6.45, 7) is 0.320. The summed E-state index contributed by atoms with van der Waals surface area (Å²) >= 11 is 0.